The van der Waals surface area contributed by atoms with Gasteiger partial charge < -0.3 is 14.9 Å². The molecule has 1 N–H and O–H groups in total. The summed E-state index contributed by atoms with van der Waals surface area (Å²) in [4.78, 5) is 4.69. The number of pyridine rings is 1. The smallest absolute Gasteiger partial charge is 0.130 e. The lowest BCUT2D eigenvalue weighted by Crippen LogP contribution is -2.02. The lowest BCUT2D eigenvalue weighted by Gasteiger charge is -2.13. The average Bonchev–Trinajstić information content (AvgIpc) is 2.66. The highest BCUT2D eigenvalue weighted by atomic mass is 16.5. The van der Waals surface area contributed by atoms with Gasteiger partial charge in [0.15, 0.2) is 0 Å². The second kappa shape index (κ2) is 7.56. The van der Waals surface area contributed by atoms with Crippen molar-refractivity contribution >= 4 is 16.6 Å². The van der Waals surface area contributed by atoms with Gasteiger partial charge in [-0.05, 0) is 43.2 Å². The molecule has 0 saturated heterocycles. The molecule has 0 fully saturated rings. The van der Waals surface area contributed by atoms with E-state index in [0.29, 0.717) is 5.71 Å². The first-order valence-electron chi connectivity index (χ1n) is 8.79. The molecule has 0 aliphatic heterocycles. The van der Waals surface area contributed by atoms with Crippen molar-refractivity contribution in [1.82, 2.24) is 4.98 Å². The summed E-state index contributed by atoms with van der Waals surface area (Å²) < 4.78 is 10.8. The van der Waals surface area contributed by atoms with E-state index in [1.165, 1.54) is 0 Å². The van der Waals surface area contributed by atoms with E-state index in [1.807, 2.05) is 31.2 Å². The van der Waals surface area contributed by atoms with Crippen molar-refractivity contribution in [2.45, 2.75) is 26.7 Å². The van der Waals surface area contributed by atoms with Crippen molar-refractivity contribution in [2.75, 3.05) is 14.2 Å². The Hall–Kier alpha value is -2.88. The Morgan fingerprint density at radius 3 is 2.54 bits per heavy atom. The number of methoxy groups -OCH3 is 2. The molecule has 0 aliphatic carbocycles. The molecule has 4 nitrogen and oxygen atoms in total. The number of nitrogens with one attached hydrogen (secondary N) is 1. The van der Waals surface area contributed by atoms with Crippen LogP contribution in [0.3, 0.4) is 0 Å². The van der Waals surface area contributed by atoms with Crippen LogP contribution in [0.1, 0.15) is 31.0 Å². The van der Waals surface area contributed by atoms with Gasteiger partial charge in [0.2, 0.25) is 0 Å². The van der Waals surface area contributed by atoms with Crippen molar-refractivity contribution in [2.24, 2.45) is 0 Å². The summed E-state index contributed by atoms with van der Waals surface area (Å²) in [5.41, 5.74) is 5.48. The minimum absolute atomic E-state index is 0.665. The number of ether oxygens (including phenoxy) is 2. The molecule has 0 amide bonds. The summed E-state index contributed by atoms with van der Waals surface area (Å²) in [6.45, 7) is 4.07. The topological polar surface area (TPSA) is 55.2 Å². The second-order valence-electron chi connectivity index (χ2n) is 6.34. The molecule has 0 bridgehead atoms. The lowest BCUT2D eigenvalue weighted by atomic mass is 9.97. The van der Waals surface area contributed by atoms with Gasteiger partial charge in [0.1, 0.15) is 11.5 Å². The number of fused-ring (bicyclic) bond motifs is 1. The Bertz CT molecular complexity index is 964. The highest BCUT2D eigenvalue weighted by molar-refractivity contribution is 6.09. The van der Waals surface area contributed by atoms with Crippen molar-refractivity contribution < 1.29 is 9.47 Å². The summed E-state index contributed by atoms with van der Waals surface area (Å²) in [6.07, 6.45) is 1.73. The minimum atomic E-state index is 0.665. The van der Waals surface area contributed by atoms with Crippen molar-refractivity contribution in [3.63, 3.8) is 0 Å². The number of hydrogen-bond acceptors (Lipinski definition) is 4. The number of aryl methyl sites for hydroxylation is 1. The Labute approximate surface area is 154 Å². The average molecular weight is 348 g/mol. The first-order valence-corrected chi connectivity index (χ1v) is 8.79. The van der Waals surface area contributed by atoms with Gasteiger partial charge in [-0.1, -0.05) is 25.5 Å². The van der Waals surface area contributed by atoms with Crippen LogP contribution in [-0.4, -0.2) is 24.9 Å². The fourth-order valence-electron chi connectivity index (χ4n) is 3.20. The van der Waals surface area contributed by atoms with E-state index in [0.717, 1.165) is 57.6 Å². The number of benzene rings is 2. The zero-order chi connectivity index (χ0) is 18.7. The highest BCUT2D eigenvalue weighted by Gasteiger charge is 2.12. The van der Waals surface area contributed by atoms with Crippen molar-refractivity contribution in [3.05, 3.63) is 53.7 Å². The van der Waals surface area contributed by atoms with Gasteiger partial charge in [-0.2, -0.15) is 0 Å². The van der Waals surface area contributed by atoms with Crippen molar-refractivity contribution in [3.8, 4) is 22.6 Å². The van der Waals surface area contributed by atoms with Crippen LogP contribution >= 0.6 is 0 Å². The number of aromatic nitrogens is 1. The molecule has 0 unspecified atom stereocenters. The Morgan fingerprint density at radius 2 is 1.85 bits per heavy atom. The minimum Gasteiger partial charge on any atom is -0.497 e. The molecule has 1 aromatic heterocycles. The van der Waals surface area contributed by atoms with Gasteiger partial charge in [0.25, 0.3) is 0 Å². The summed E-state index contributed by atoms with van der Waals surface area (Å²) in [6, 6.07) is 14.0. The van der Waals surface area contributed by atoms with E-state index >= 15 is 0 Å². The third kappa shape index (κ3) is 3.40. The quantitative estimate of drug-likeness (QED) is 0.607. The SMILES string of the molecule is CCCC(=N)c1cc(C)nc2cc(-c3ccc(OC)cc3OC)ccc12. The molecule has 2 aromatic carbocycles. The van der Waals surface area contributed by atoms with Crippen LogP contribution in [0, 0.1) is 12.3 Å². The van der Waals surface area contributed by atoms with Gasteiger partial charge in [-0.15, -0.1) is 0 Å². The van der Waals surface area contributed by atoms with Gasteiger partial charge in [0, 0.05) is 34.0 Å². The zero-order valence-electron chi connectivity index (χ0n) is 15.7. The van der Waals surface area contributed by atoms with Crippen LogP contribution in [0.5, 0.6) is 11.5 Å². The van der Waals surface area contributed by atoms with Gasteiger partial charge >= 0.3 is 0 Å². The molecule has 3 aromatic rings. The Balaban J connectivity index is 2.15. The highest BCUT2D eigenvalue weighted by Crippen LogP contribution is 2.35. The molecule has 0 saturated carbocycles. The summed E-state index contributed by atoms with van der Waals surface area (Å²) >= 11 is 0. The van der Waals surface area contributed by atoms with E-state index < -0.39 is 0 Å². The summed E-state index contributed by atoms with van der Waals surface area (Å²) in [7, 11) is 3.30. The molecule has 0 radical (unpaired) electrons. The van der Waals surface area contributed by atoms with Crippen LogP contribution in [0.4, 0.5) is 0 Å². The van der Waals surface area contributed by atoms with E-state index in [-0.39, 0.29) is 0 Å². The predicted molar refractivity (Wildman–Crippen MR) is 107 cm³/mol. The van der Waals surface area contributed by atoms with Crippen LogP contribution < -0.4 is 9.47 Å². The molecular formula is C22H24N2O2. The third-order valence-corrected chi connectivity index (χ3v) is 4.48. The van der Waals surface area contributed by atoms with Gasteiger partial charge in [0.05, 0.1) is 19.7 Å². The predicted octanol–water partition coefficient (Wildman–Crippen LogP) is 5.40. The molecule has 0 aliphatic rings. The molecule has 134 valence electrons. The molecule has 0 atom stereocenters. The van der Waals surface area contributed by atoms with E-state index in [1.54, 1.807) is 14.2 Å². The molecule has 0 spiro atoms. The molecule has 4 heteroatoms. The number of nitrogens with zero attached hydrogens (tertiary/aromatic N) is 1. The standard InChI is InChI=1S/C22H24N2O2/c1-5-6-20(23)19-11-14(2)24-21-12-15(7-9-18(19)21)17-10-8-16(25-3)13-22(17)26-4/h7-13,23H,5-6H2,1-4H3. The summed E-state index contributed by atoms with van der Waals surface area (Å²) in [5.74, 6) is 1.52. The first kappa shape index (κ1) is 17.9. The van der Waals surface area contributed by atoms with Crippen molar-refractivity contribution in [1.29, 1.82) is 5.41 Å². The van der Waals surface area contributed by atoms with Crippen LogP contribution in [0.2, 0.25) is 0 Å². The maximum atomic E-state index is 8.37. The van der Waals surface area contributed by atoms with E-state index in [4.69, 9.17) is 19.9 Å². The van der Waals surface area contributed by atoms with Crippen LogP contribution in [0.15, 0.2) is 42.5 Å². The number of hydrogen-bond donors (Lipinski definition) is 1. The largest absolute Gasteiger partial charge is 0.497 e. The first-order chi connectivity index (χ1) is 12.6. The maximum Gasteiger partial charge on any atom is 0.130 e. The van der Waals surface area contributed by atoms with Gasteiger partial charge in [-0.25, -0.2) is 0 Å². The van der Waals surface area contributed by atoms with Gasteiger partial charge in [-0.3, -0.25) is 4.98 Å². The molecular weight excluding hydrogens is 324 g/mol. The molecule has 26 heavy (non-hydrogen) atoms. The maximum absolute atomic E-state index is 8.37. The fourth-order valence-corrected chi connectivity index (χ4v) is 3.20. The summed E-state index contributed by atoms with van der Waals surface area (Å²) in [5, 5.41) is 9.39. The molecule has 1 heterocycles. The normalized spacial score (nSPS) is 10.8. The van der Waals surface area contributed by atoms with Crippen LogP contribution in [0.25, 0.3) is 22.0 Å². The van der Waals surface area contributed by atoms with E-state index in [9.17, 15) is 0 Å². The second-order valence-corrected chi connectivity index (χ2v) is 6.34. The lowest BCUT2D eigenvalue weighted by molar-refractivity contribution is 0.395. The Kier molecular flexibility index (Phi) is 5.21. The van der Waals surface area contributed by atoms with Crippen LogP contribution in [-0.2, 0) is 0 Å². The fraction of sp³-hybridized carbons (Fsp3) is 0.273. The number of rotatable bonds is 6. The Morgan fingerprint density at radius 1 is 1.04 bits per heavy atom. The monoisotopic (exact) mass is 348 g/mol. The van der Waals surface area contributed by atoms with E-state index in [2.05, 4.69) is 25.1 Å². The zero-order valence-corrected chi connectivity index (χ0v) is 15.7. The third-order valence-electron chi connectivity index (χ3n) is 4.48. The molecule has 3 rings (SSSR count).